The summed E-state index contributed by atoms with van der Waals surface area (Å²) in [6, 6.07) is 5.16. The Labute approximate surface area is 117 Å². The zero-order valence-electron chi connectivity index (χ0n) is 11.7. The van der Waals surface area contributed by atoms with Crippen LogP contribution in [0.15, 0.2) is 18.2 Å². The molecule has 0 aromatic heterocycles. The molecule has 0 atom stereocenters. The Morgan fingerprint density at radius 2 is 2.15 bits per heavy atom. The Kier molecular flexibility index (Phi) is 4.12. The Morgan fingerprint density at radius 3 is 2.75 bits per heavy atom. The minimum atomic E-state index is -0.299. The number of nitrogens with one attached hydrogen (secondary N) is 1. The number of likely N-dealkylation sites (N-methyl/N-ethyl adjacent to an activating group) is 1. The van der Waals surface area contributed by atoms with Gasteiger partial charge in [0.25, 0.3) is 5.91 Å². The fourth-order valence-corrected chi connectivity index (χ4v) is 1.84. The topological polar surface area (TPSA) is 84.7 Å². The van der Waals surface area contributed by atoms with E-state index in [2.05, 4.69) is 5.32 Å². The SMILES string of the molecule is COc1ccc(N)c(C(=O)N(C)CC(=O)NC2CC2)c1. The van der Waals surface area contributed by atoms with E-state index in [9.17, 15) is 9.59 Å². The summed E-state index contributed by atoms with van der Waals surface area (Å²) in [6.45, 7) is 0.0198. The van der Waals surface area contributed by atoms with Gasteiger partial charge in [0, 0.05) is 18.8 Å². The van der Waals surface area contributed by atoms with Crippen LogP contribution in [0, 0.1) is 0 Å². The molecule has 6 nitrogen and oxygen atoms in total. The first-order valence-corrected chi connectivity index (χ1v) is 6.49. The van der Waals surface area contributed by atoms with E-state index in [4.69, 9.17) is 10.5 Å². The summed E-state index contributed by atoms with van der Waals surface area (Å²) in [5, 5.41) is 2.84. The lowest BCUT2D eigenvalue weighted by molar-refractivity contribution is -0.121. The van der Waals surface area contributed by atoms with Crippen LogP contribution in [-0.2, 0) is 4.79 Å². The summed E-state index contributed by atoms with van der Waals surface area (Å²) < 4.78 is 5.08. The maximum absolute atomic E-state index is 12.3. The molecule has 0 aliphatic heterocycles. The molecule has 20 heavy (non-hydrogen) atoms. The number of hydrogen-bond acceptors (Lipinski definition) is 4. The van der Waals surface area contributed by atoms with Gasteiger partial charge in [-0.3, -0.25) is 9.59 Å². The number of nitrogen functional groups attached to an aromatic ring is 1. The van der Waals surface area contributed by atoms with Crippen molar-refractivity contribution in [3.63, 3.8) is 0 Å². The van der Waals surface area contributed by atoms with Gasteiger partial charge in [-0.1, -0.05) is 0 Å². The van der Waals surface area contributed by atoms with Crippen molar-refractivity contribution >= 4 is 17.5 Å². The number of anilines is 1. The Morgan fingerprint density at radius 1 is 1.45 bits per heavy atom. The molecule has 0 spiro atoms. The highest BCUT2D eigenvalue weighted by Gasteiger charge is 2.25. The van der Waals surface area contributed by atoms with Crippen LogP contribution >= 0.6 is 0 Å². The third kappa shape index (κ3) is 3.40. The average Bonchev–Trinajstić information content (AvgIpc) is 3.22. The normalized spacial score (nSPS) is 13.7. The van der Waals surface area contributed by atoms with E-state index in [-0.39, 0.29) is 24.4 Å². The van der Waals surface area contributed by atoms with E-state index in [0.717, 1.165) is 12.8 Å². The lowest BCUT2D eigenvalue weighted by Gasteiger charge is -2.18. The van der Waals surface area contributed by atoms with E-state index >= 15 is 0 Å². The highest BCUT2D eigenvalue weighted by atomic mass is 16.5. The van der Waals surface area contributed by atoms with Gasteiger partial charge in [-0.15, -0.1) is 0 Å². The largest absolute Gasteiger partial charge is 0.497 e. The minimum absolute atomic E-state index is 0.0198. The van der Waals surface area contributed by atoms with Crippen molar-refractivity contribution in [1.29, 1.82) is 0 Å². The van der Waals surface area contributed by atoms with Crippen molar-refractivity contribution in [3.05, 3.63) is 23.8 Å². The van der Waals surface area contributed by atoms with Crippen LogP contribution in [0.4, 0.5) is 5.69 Å². The van der Waals surface area contributed by atoms with E-state index in [1.165, 1.54) is 12.0 Å². The number of amides is 2. The van der Waals surface area contributed by atoms with Crippen molar-refractivity contribution in [2.24, 2.45) is 0 Å². The van der Waals surface area contributed by atoms with Gasteiger partial charge in [0.15, 0.2) is 0 Å². The third-order valence-electron chi connectivity index (χ3n) is 3.16. The highest BCUT2D eigenvalue weighted by molar-refractivity contribution is 6.01. The van der Waals surface area contributed by atoms with Crippen molar-refractivity contribution in [2.45, 2.75) is 18.9 Å². The molecule has 0 heterocycles. The molecule has 1 aromatic carbocycles. The van der Waals surface area contributed by atoms with Crippen LogP contribution in [0.3, 0.4) is 0 Å². The van der Waals surface area contributed by atoms with Crippen molar-refractivity contribution in [1.82, 2.24) is 10.2 Å². The van der Waals surface area contributed by atoms with Crippen molar-refractivity contribution < 1.29 is 14.3 Å². The average molecular weight is 277 g/mol. The number of methoxy groups -OCH3 is 1. The number of nitrogens with two attached hydrogens (primary N) is 1. The van der Waals surface area contributed by atoms with Gasteiger partial charge in [-0.05, 0) is 31.0 Å². The summed E-state index contributed by atoms with van der Waals surface area (Å²) in [5.41, 5.74) is 6.51. The first-order chi connectivity index (χ1) is 9.51. The molecule has 108 valence electrons. The summed E-state index contributed by atoms with van der Waals surface area (Å²) in [4.78, 5) is 25.3. The Hall–Kier alpha value is -2.24. The fourth-order valence-electron chi connectivity index (χ4n) is 1.84. The molecule has 1 fully saturated rings. The zero-order valence-corrected chi connectivity index (χ0v) is 11.7. The van der Waals surface area contributed by atoms with Gasteiger partial charge in [-0.2, -0.15) is 0 Å². The van der Waals surface area contributed by atoms with E-state index in [0.29, 0.717) is 17.0 Å². The predicted octanol–water partition coefficient (Wildman–Crippen LogP) is 0.628. The standard InChI is InChI=1S/C14H19N3O3/c1-17(8-13(18)16-9-3-4-9)14(19)11-7-10(20-2)5-6-12(11)15/h5-7,9H,3-4,8,15H2,1-2H3,(H,16,18). The maximum Gasteiger partial charge on any atom is 0.256 e. The van der Waals surface area contributed by atoms with Crippen LogP contribution in [0.2, 0.25) is 0 Å². The number of benzene rings is 1. The van der Waals surface area contributed by atoms with Crippen LogP contribution in [-0.4, -0.2) is 43.5 Å². The number of carbonyl (C=O) groups is 2. The second-order valence-corrected chi connectivity index (χ2v) is 4.96. The summed E-state index contributed by atoms with van der Waals surface area (Å²) in [6.07, 6.45) is 2.04. The summed E-state index contributed by atoms with van der Waals surface area (Å²) >= 11 is 0. The molecular weight excluding hydrogens is 258 g/mol. The first kappa shape index (κ1) is 14.2. The lowest BCUT2D eigenvalue weighted by Crippen LogP contribution is -2.39. The molecule has 0 saturated heterocycles. The van der Waals surface area contributed by atoms with E-state index in [1.807, 2.05) is 0 Å². The highest BCUT2D eigenvalue weighted by Crippen LogP contribution is 2.21. The van der Waals surface area contributed by atoms with Crippen LogP contribution in [0.25, 0.3) is 0 Å². The van der Waals surface area contributed by atoms with Gasteiger partial charge >= 0.3 is 0 Å². The quantitative estimate of drug-likeness (QED) is 0.773. The fraction of sp³-hybridized carbons (Fsp3) is 0.429. The molecule has 6 heteroatoms. The molecular formula is C14H19N3O3. The van der Waals surface area contributed by atoms with Crippen LogP contribution in [0.1, 0.15) is 23.2 Å². The predicted molar refractivity (Wildman–Crippen MR) is 75.5 cm³/mol. The number of nitrogens with zero attached hydrogens (tertiary/aromatic N) is 1. The van der Waals surface area contributed by atoms with Gasteiger partial charge < -0.3 is 20.7 Å². The van der Waals surface area contributed by atoms with Crippen molar-refractivity contribution in [2.75, 3.05) is 26.4 Å². The van der Waals surface area contributed by atoms with E-state index < -0.39 is 0 Å². The van der Waals surface area contributed by atoms with Gasteiger partial charge in [-0.25, -0.2) is 0 Å². The minimum Gasteiger partial charge on any atom is -0.497 e. The molecule has 0 radical (unpaired) electrons. The molecule has 0 bridgehead atoms. The summed E-state index contributed by atoms with van der Waals surface area (Å²) in [7, 11) is 3.10. The Bertz CT molecular complexity index is 526. The number of ether oxygens (including phenoxy) is 1. The van der Waals surface area contributed by atoms with Crippen molar-refractivity contribution in [3.8, 4) is 5.75 Å². The van der Waals surface area contributed by atoms with Crippen LogP contribution in [0.5, 0.6) is 5.75 Å². The number of hydrogen-bond donors (Lipinski definition) is 2. The van der Waals surface area contributed by atoms with Crippen LogP contribution < -0.4 is 15.8 Å². The second kappa shape index (κ2) is 5.81. The molecule has 3 N–H and O–H groups in total. The monoisotopic (exact) mass is 277 g/mol. The van der Waals surface area contributed by atoms with Gasteiger partial charge in [0.2, 0.25) is 5.91 Å². The maximum atomic E-state index is 12.3. The molecule has 2 rings (SSSR count). The number of carbonyl (C=O) groups excluding carboxylic acids is 2. The molecule has 2 amide bonds. The third-order valence-corrected chi connectivity index (χ3v) is 3.16. The molecule has 0 unspecified atom stereocenters. The van der Waals surface area contributed by atoms with Gasteiger partial charge in [0.1, 0.15) is 5.75 Å². The first-order valence-electron chi connectivity index (χ1n) is 6.49. The molecule has 1 aliphatic carbocycles. The second-order valence-electron chi connectivity index (χ2n) is 4.96. The van der Waals surface area contributed by atoms with Gasteiger partial charge in [0.05, 0.1) is 19.2 Å². The summed E-state index contributed by atoms with van der Waals surface area (Å²) in [5.74, 6) is 0.107. The lowest BCUT2D eigenvalue weighted by atomic mass is 10.1. The molecule has 1 saturated carbocycles. The number of rotatable bonds is 5. The molecule has 1 aromatic rings. The van der Waals surface area contributed by atoms with E-state index in [1.54, 1.807) is 25.2 Å². The smallest absolute Gasteiger partial charge is 0.256 e. The zero-order chi connectivity index (χ0) is 14.7. The molecule has 1 aliphatic rings. The Balaban J connectivity index is 2.03.